The molecule has 0 saturated heterocycles. The van der Waals surface area contributed by atoms with Crippen LogP contribution in [-0.2, 0) is 28.6 Å². The summed E-state index contributed by atoms with van der Waals surface area (Å²) in [4.78, 5) is 38.4. The standard InChI is InChI=1S/C75H144O6/c1-4-7-10-13-16-19-22-24-26-28-30-32-33-34-35-36-37-38-39-40-41-43-44-46-48-50-53-56-59-62-65-68-74(77)80-71-72(70-79-73(76)67-64-61-58-55-52-21-18-15-12-9-6-3)81-75(78)69-66-63-60-57-54-51-49-47-45-42-31-29-27-25-23-20-17-14-11-8-5-2/h15,18,72H,4-14,16-17,19-71H2,1-3H3/b18-15-. The van der Waals surface area contributed by atoms with E-state index in [9.17, 15) is 14.4 Å². The van der Waals surface area contributed by atoms with E-state index >= 15 is 0 Å². The first kappa shape index (κ1) is 79.2. The molecule has 0 aliphatic heterocycles. The Bertz CT molecular complexity index is 1260. The maximum absolute atomic E-state index is 12.9. The van der Waals surface area contributed by atoms with Crippen molar-refractivity contribution in [1.82, 2.24) is 0 Å². The van der Waals surface area contributed by atoms with Crippen LogP contribution in [0, 0.1) is 0 Å². The monoisotopic (exact) mass is 1140 g/mol. The van der Waals surface area contributed by atoms with Crippen LogP contribution in [0.4, 0.5) is 0 Å². The molecular weight excluding hydrogens is 997 g/mol. The summed E-state index contributed by atoms with van der Waals surface area (Å²) in [6.07, 6.45) is 85.6. The first-order valence-corrected chi connectivity index (χ1v) is 37.2. The molecule has 1 atom stereocenters. The van der Waals surface area contributed by atoms with Gasteiger partial charge in [-0.1, -0.05) is 386 Å². The number of allylic oxidation sites excluding steroid dienone is 2. The van der Waals surface area contributed by atoms with Crippen molar-refractivity contribution >= 4 is 17.9 Å². The highest BCUT2D eigenvalue weighted by Crippen LogP contribution is 2.20. The maximum Gasteiger partial charge on any atom is 0.306 e. The third kappa shape index (κ3) is 68.8. The van der Waals surface area contributed by atoms with Gasteiger partial charge >= 0.3 is 17.9 Å². The molecule has 0 amide bonds. The van der Waals surface area contributed by atoms with Crippen LogP contribution in [0.3, 0.4) is 0 Å². The Morgan fingerprint density at radius 2 is 0.420 bits per heavy atom. The summed E-state index contributed by atoms with van der Waals surface area (Å²) in [6, 6.07) is 0. The molecule has 6 nitrogen and oxygen atoms in total. The minimum atomic E-state index is -0.769. The molecule has 480 valence electrons. The summed E-state index contributed by atoms with van der Waals surface area (Å²) >= 11 is 0. The molecule has 0 spiro atoms. The molecule has 0 heterocycles. The number of rotatable bonds is 70. The van der Waals surface area contributed by atoms with E-state index in [4.69, 9.17) is 14.2 Å². The Kier molecular flexibility index (Phi) is 69.0. The van der Waals surface area contributed by atoms with Crippen molar-refractivity contribution in [3.8, 4) is 0 Å². The van der Waals surface area contributed by atoms with E-state index in [0.29, 0.717) is 19.3 Å². The largest absolute Gasteiger partial charge is 0.462 e. The number of hydrogen-bond acceptors (Lipinski definition) is 6. The number of carbonyl (C=O) groups excluding carboxylic acids is 3. The van der Waals surface area contributed by atoms with E-state index in [1.807, 2.05) is 0 Å². The molecule has 0 radical (unpaired) electrons. The summed E-state index contributed by atoms with van der Waals surface area (Å²) in [6.45, 7) is 6.69. The van der Waals surface area contributed by atoms with Gasteiger partial charge in [0.15, 0.2) is 6.10 Å². The summed E-state index contributed by atoms with van der Waals surface area (Å²) in [5.41, 5.74) is 0. The van der Waals surface area contributed by atoms with Crippen LogP contribution in [0.5, 0.6) is 0 Å². The normalized spacial score (nSPS) is 12.0. The molecule has 0 bridgehead atoms. The van der Waals surface area contributed by atoms with Crippen LogP contribution >= 0.6 is 0 Å². The molecule has 0 N–H and O–H groups in total. The van der Waals surface area contributed by atoms with Crippen molar-refractivity contribution < 1.29 is 28.6 Å². The minimum absolute atomic E-state index is 0.0658. The Morgan fingerprint density at radius 3 is 0.654 bits per heavy atom. The topological polar surface area (TPSA) is 78.9 Å². The zero-order valence-corrected chi connectivity index (χ0v) is 55.4. The van der Waals surface area contributed by atoms with Crippen LogP contribution < -0.4 is 0 Å². The predicted octanol–water partition coefficient (Wildman–Crippen LogP) is 25.6. The Labute approximate surface area is 507 Å². The highest BCUT2D eigenvalue weighted by atomic mass is 16.6. The van der Waals surface area contributed by atoms with E-state index in [0.717, 1.165) is 64.2 Å². The van der Waals surface area contributed by atoms with Crippen molar-refractivity contribution in [2.24, 2.45) is 0 Å². The third-order valence-electron chi connectivity index (χ3n) is 17.3. The van der Waals surface area contributed by atoms with Crippen LogP contribution in [0.2, 0.25) is 0 Å². The fourth-order valence-electron chi connectivity index (χ4n) is 11.7. The second-order valence-electron chi connectivity index (χ2n) is 25.6. The van der Waals surface area contributed by atoms with Crippen LogP contribution in [-0.4, -0.2) is 37.2 Å². The molecular formula is C75H144O6. The number of ether oxygens (including phenoxy) is 3. The molecule has 1 unspecified atom stereocenters. The highest BCUT2D eigenvalue weighted by Gasteiger charge is 2.20. The van der Waals surface area contributed by atoms with Crippen LogP contribution in [0.1, 0.15) is 432 Å². The summed E-state index contributed by atoms with van der Waals surface area (Å²) in [7, 11) is 0. The summed E-state index contributed by atoms with van der Waals surface area (Å²) in [5.74, 6) is -0.841. The van der Waals surface area contributed by atoms with E-state index in [1.54, 1.807) is 0 Å². The predicted molar refractivity (Wildman–Crippen MR) is 353 cm³/mol. The average molecular weight is 1140 g/mol. The van der Waals surface area contributed by atoms with Gasteiger partial charge in [0.25, 0.3) is 0 Å². The van der Waals surface area contributed by atoms with Gasteiger partial charge in [-0.2, -0.15) is 0 Å². The summed E-state index contributed by atoms with van der Waals surface area (Å²) in [5, 5.41) is 0. The lowest BCUT2D eigenvalue weighted by Gasteiger charge is -2.18. The number of unbranched alkanes of at least 4 members (excludes halogenated alkanes) is 57. The van der Waals surface area contributed by atoms with Gasteiger partial charge in [-0.25, -0.2) is 0 Å². The molecule has 0 aromatic carbocycles. The molecule has 0 aliphatic carbocycles. The lowest BCUT2D eigenvalue weighted by molar-refractivity contribution is -0.167. The second-order valence-corrected chi connectivity index (χ2v) is 25.6. The quantitative estimate of drug-likeness (QED) is 0.0261. The Hall–Kier alpha value is -1.85. The van der Waals surface area contributed by atoms with E-state index < -0.39 is 6.10 Å². The molecule has 0 rings (SSSR count). The zero-order valence-electron chi connectivity index (χ0n) is 55.4. The minimum Gasteiger partial charge on any atom is -0.462 e. The van der Waals surface area contributed by atoms with Crippen molar-refractivity contribution in [2.45, 2.75) is 438 Å². The fourth-order valence-corrected chi connectivity index (χ4v) is 11.7. The molecule has 81 heavy (non-hydrogen) atoms. The van der Waals surface area contributed by atoms with Crippen molar-refractivity contribution in [2.75, 3.05) is 13.2 Å². The second kappa shape index (κ2) is 70.6. The van der Waals surface area contributed by atoms with Crippen molar-refractivity contribution in [1.29, 1.82) is 0 Å². The fraction of sp³-hybridized carbons (Fsp3) is 0.933. The van der Waals surface area contributed by atoms with Gasteiger partial charge in [0.1, 0.15) is 13.2 Å². The molecule has 0 aromatic rings. The molecule has 0 saturated carbocycles. The number of hydrogen-bond donors (Lipinski definition) is 0. The molecule has 6 heteroatoms. The lowest BCUT2D eigenvalue weighted by atomic mass is 10.0. The van der Waals surface area contributed by atoms with Crippen LogP contribution in [0.15, 0.2) is 12.2 Å². The van der Waals surface area contributed by atoms with Gasteiger partial charge in [0, 0.05) is 19.3 Å². The van der Waals surface area contributed by atoms with Gasteiger partial charge in [0.2, 0.25) is 0 Å². The number of carbonyl (C=O) groups is 3. The first-order chi connectivity index (χ1) is 40.0. The molecule has 0 fully saturated rings. The SMILES string of the molecule is CCCC/C=C\CCCCCCCC(=O)OCC(COC(=O)CCCCCCCCCCCCCCCCCCCCCCCCCCCCCCCCC)OC(=O)CCCCCCCCCCCCCCCCCCCCCCC. The van der Waals surface area contributed by atoms with E-state index in [-0.39, 0.29) is 31.1 Å². The molecule has 0 aromatic heterocycles. The third-order valence-corrected chi connectivity index (χ3v) is 17.3. The van der Waals surface area contributed by atoms with E-state index in [1.165, 1.54) is 327 Å². The van der Waals surface area contributed by atoms with Gasteiger partial charge in [-0.15, -0.1) is 0 Å². The van der Waals surface area contributed by atoms with Gasteiger partial charge < -0.3 is 14.2 Å². The zero-order chi connectivity index (χ0) is 58.5. The Balaban J connectivity index is 4.07. The molecule has 0 aliphatic rings. The average Bonchev–Trinajstić information content (AvgIpc) is 3.47. The van der Waals surface area contributed by atoms with Gasteiger partial charge in [0.05, 0.1) is 0 Å². The van der Waals surface area contributed by atoms with Gasteiger partial charge in [-0.05, 0) is 38.5 Å². The van der Waals surface area contributed by atoms with Crippen molar-refractivity contribution in [3.63, 3.8) is 0 Å². The number of esters is 3. The Morgan fingerprint density at radius 1 is 0.235 bits per heavy atom. The van der Waals surface area contributed by atoms with Gasteiger partial charge in [-0.3, -0.25) is 14.4 Å². The highest BCUT2D eigenvalue weighted by molar-refractivity contribution is 5.71. The summed E-state index contributed by atoms with van der Waals surface area (Å²) < 4.78 is 17.0. The van der Waals surface area contributed by atoms with E-state index in [2.05, 4.69) is 32.9 Å². The lowest BCUT2D eigenvalue weighted by Crippen LogP contribution is -2.30. The van der Waals surface area contributed by atoms with Crippen LogP contribution in [0.25, 0.3) is 0 Å². The first-order valence-electron chi connectivity index (χ1n) is 37.2. The van der Waals surface area contributed by atoms with Crippen molar-refractivity contribution in [3.05, 3.63) is 12.2 Å². The maximum atomic E-state index is 12.9. The smallest absolute Gasteiger partial charge is 0.306 e.